The van der Waals surface area contributed by atoms with Gasteiger partial charge >= 0.3 is 6.03 Å². The van der Waals surface area contributed by atoms with E-state index in [4.69, 9.17) is 5.73 Å². The van der Waals surface area contributed by atoms with Gasteiger partial charge < -0.3 is 31.9 Å². The van der Waals surface area contributed by atoms with E-state index in [1.165, 1.54) is 6.08 Å². The molecule has 0 radical (unpaired) electrons. The summed E-state index contributed by atoms with van der Waals surface area (Å²) in [5.41, 5.74) is 5.30. The van der Waals surface area contributed by atoms with E-state index in [1.54, 1.807) is 0 Å². The molecule has 0 aromatic carbocycles. The maximum atomic E-state index is 12.6. The van der Waals surface area contributed by atoms with Crippen LogP contribution in [0, 0.1) is 0 Å². The van der Waals surface area contributed by atoms with Crippen molar-refractivity contribution in [2.24, 2.45) is 5.73 Å². The van der Waals surface area contributed by atoms with E-state index in [2.05, 4.69) is 16.0 Å². The molecule has 1 saturated carbocycles. The van der Waals surface area contributed by atoms with Crippen molar-refractivity contribution in [2.75, 3.05) is 12.0 Å². The quantitative estimate of drug-likeness (QED) is 0.253. The van der Waals surface area contributed by atoms with Gasteiger partial charge in [0.25, 0.3) is 0 Å². The second-order valence-corrected chi connectivity index (χ2v) is 10.5. The van der Waals surface area contributed by atoms with Gasteiger partial charge in [0.1, 0.15) is 22.0 Å². The van der Waals surface area contributed by atoms with Crippen molar-refractivity contribution >= 4 is 27.7 Å². The Kier molecular flexibility index (Phi) is 8.83. The molecule has 0 aromatic rings. The van der Waals surface area contributed by atoms with Gasteiger partial charge in [0, 0.05) is 24.3 Å². The highest BCUT2D eigenvalue weighted by Crippen LogP contribution is 2.21. The molecule has 1 fully saturated rings. The molecule has 0 aromatic heterocycles. The first-order valence-electron chi connectivity index (χ1n) is 10.4. The molecule has 0 heterocycles. The average Bonchev–Trinajstić information content (AvgIpc) is 2.68. The van der Waals surface area contributed by atoms with Crippen LogP contribution in [-0.4, -0.2) is 78.8 Å². The molecule has 2 aliphatic rings. The number of aliphatic hydroxyl groups is 2. The molecule has 0 unspecified atom stereocenters. The summed E-state index contributed by atoms with van der Waals surface area (Å²) in [7, 11) is -3.37. The van der Waals surface area contributed by atoms with E-state index in [1.807, 2.05) is 0 Å². The van der Waals surface area contributed by atoms with Crippen molar-refractivity contribution < 1.29 is 33.0 Å². The lowest BCUT2D eigenvalue weighted by Crippen LogP contribution is -2.55. The fourth-order valence-corrected chi connectivity index (χ4v) is 4.42. The van der Waals surface area contributed by atoms with Crippen LogP contribution >= 0.6 is 0 Å². The number of primary amides is 1. The summed E-state index contributed by atoms with van der Waals surface area (Å²) >= 11 is 0. The van der Waals surface area contributed by atoms with Crippen molar-refractivity contribution in [3.8, 4) is 0 Å². The van der Waals surface area contributed by atoms with Gasteiger partial charge in [-0.3, -0.25) is 9.59 Å². The molecule has 12 heteroatoms. The molecular weight excluding hydrogens is 428 g/mol. The Labute approximate surface area is 181 Å². The van der Waals surface area contributed by atoms with Crippen LogP contribution in [0.3, 0.4) is 0 Å². The van der Waals surface area contributed by atoms with Crippen LogP contribution in [0.1, 0.15) is 44.9 Å². The Morgan fingerprint density at radius 3 is 2.39 bits per heavy atom. The molecule has 2 aliphatic carbocycles. The molecule has 7 N–H and O–H groups in total. The number of sulfone groups is 1. The summed E-state index contributed by atoms with van der Waals surface area (Å²) in [5, 5.41) is 28.1. The Morgan fingerprint density at radius 2 is 1.81 bits per heavy atom. The molecule has 0 aliphatic heterocycles. The van der Waals surface area contributed by atoms with Crippen LogP contribution in [0.15, 0.2) is 11.6 Å². The number of nitrogens with two attached hydrogens (primary N) is 1. The molecule has 31 heavy (non-hydrogen) atoms. The first-order chi connectivity index (χ1) is 14.5. The van der Waals surface area contributed by atoms with E-state index in [0.717, 1.165) is 38.4 Å². The summed E-state index contributed by atoms with van der Waals surface area (Å²) in [6, 6.07) is -2.70. The lowest BCUT2D eigenvalue weighted by Gasteiger charge is -2.32. The number of aliphatic hydroxyl groups excluding tert-OH is 2. The van der Waals surface area contributed by atoms with E-state index >= 15 is 0 Å². The minimum Gasteiger partial charge on any atom is -0.390 e. The topological polar surface area (TPSA) is 188 Å². The summed E-state index contributed by atoms with van der Waals surface area (Å²) in [4.78, 5) is 36.5. The maximum Gasteiger partial charge on any atom is 0.315 e. The Hall–Kier alpha value is -2.18. The molecule has 4 amide bonds. The molecule has 0 saturated heterocycles. The monoisotopic (exact) mass is 460 g/mol. The Bertz CT molecular complexity index is 808. The van der Waals surface area contributed by atoms with Crippen molar-refractivity contribution in [1.29, 1.82) is 0 Å². The van der Waals surface area contributed by atoms with E-state index in [0.29, 0.717) is 0 Å². The smallest absolute Gasteiger partial charge is 0.315 e. The SMILES string of the molecule is CS(=O)(=O)CC[C@H](NC(=O)C1=C[C@@H](NC(=O)NC2CCCCC2)[C@@H](O)[C@H](O)C1)C(N)=O. The minimum atomic E-state index is -3.37. The molecule has 4 atom stereocenters. The van der Waals surface area contributed by atoms with E-state index in [9.17, 15) is 33.0 Å². The van der Waals surface area contributed by atoms with Gasteiger partial charge in [0.05, 0.1) is 17.9 Å². The first kappa shape index (κ1) is 25.1. The van der Waals surface area contributed by atoms with Crippen LogP contribution in [0.2, 0.25) is 0 Å². The highest BCUT2D eigenvalue weighted by atomic mass is 32.2. The van der Waals surface area contributed by atoms with Crippen molar-refractivity contribution in [3.63, 3.8) is 0 Å². The predicted octanol–water partition coefficient (Wildman–Crippen LogP) is -1.56. The highest BCUT2D eigenvalue weighted by molar-refractivity contribution is 7.90. The second-order valence-electron chi connectivity index (χ2n) is 8.28. The number of hydrogen-bond acceptors (Lipinski definition) is 7. The lowest BCUT2D eigenvalue weighted by molar-refractivity contribution is -0.125. The van der Waals surface area contributed by atoms with Crippen molar-refractivity contribution in [1.82, 2.24) is 16.0 Å². The molecular formula is C19H32N4O7S. The van der Waals surface area contributed by atoms with Crippen molar-refractivity contribution in [3.05, 3.63) is 11.6 Å². The third-order valence-corrected chi connectivity index (χ3v) is 6.51. The Balaban J connectivity index is 2.03. The second kappa shape index (κ2) is 10.9. The first-order valence-corrected chi connectivity index (χ1v) is 12.4. The largest absolute Gasteiger partial charge is 0.390 e. The normalized spacial score (nSPS) is 25.8. The van der Waals surface area contributed by atoms with Gasteiger partial charge in [0.15, 0.2) is 0 Å². The summed E-state index contributed by atoms with van der Waals surface area (Å²) in [5.74, 6) is -1.97. The van der Waals surface area contributed by atoms with Gasteiger partial charge in [-0.2, -0.15) is 0 Å². The summed E-state index contributed by atoms with van der Waals surface area (Å²) < 4.78 is 22.7. The van der Waals surface area contributed by atoms with Crippen LogP contribution in [0.5, 0.6) is 0 Å². The molecule has 2 rings (SSSR count). The fraction of sp³-hybridized carbons (Fsp3) is 0.737. The third-order valence-electron chi connectivity index (χ3n) is 5.53. The number of amides is 4. The van der Waals surface area contributed by atoms with Gasteiger partial charge in [0.2, 0.25) is 11.8 Å². The number of carbonyl (C=O) groups excluding carboxylic acids is 3. The number of carbonyl (C=O) groups is 3. The van der Waals surface area contributed by atoms with Crippen molar-refractivity contribution in [2.45, 2.75) is 75.3 Å². The van der Waals surface area contributed by atoms with E-state index < -0.39 is 52.0 Å². The number of rotatable bonds is 8. The standard InChI is InChI=1S/C19H32N4O7S/c1-31(29,30)8-7-13(17(20)26)22-18(27)11-9-14(16(25)15(24)10-11)23-19(28)21-12-5-3-2-4-6-12/h9,12-16,24-25H,2-8,10H2,1H3,(H2,20,26)(H,22,27)(H2,21,23,28)/t13-,14+,15+,16+/m0/s1. The average molecular weight is 461 g/mol. The summed E-state index contributed by atoms with van der Waals surface area (Å²) in [6.07, 6.45) is 4.23. The zero-order chi connectivity index (χ0) is 23.2. The van der Waals surface area contributed by atoms with Gasteiger partial charge in [-0.05, 0) is 19.3 Å². The third kappa shape index (κ3) is 8.11. The zero-order valence-electron chi connectivity index (χ0n) is 17.5. The van der Waals surface area contributed by atoms with Crippen LogP contribution in [0.4, 0.5) is 4.79 Å². The lowest BCUT2D eigenvalue weighted by atomic mass is 9.90. The van der Waals surface area contributed by atoms with Crippen LogP contribution in [0.25, 0.3) is 0 Å². The highest BCUT2D eigenvalue weighted by Gasteiger charge is 2.35. The fourth-order valence-electron chi connectivity index (χ4n) is 3.76. The minimum absolute atomic E-state index is 0.0392. The molecule has 0 spiro atoms. The molecule has 11 nitrogen and oxygen atoms in total. The maximum absolute atomic E-state index is 12.6. The predicted molar refractivity (Wildman–Crippen MR) is 112 cm³/mol. The van der Waals surface area contributed by atoms with Gasteiger partial charge in [-0.1, -0.05) is 25.3 Å². The number of nitrogens with one attached hydrogen (secondary N) is 3. The number of hydrogen-bond donors (Lipinski definition) is 6. The Morgan fingerprint density at radius 1 is 1.16 bits per heavy atom. The molecule has 0 bridgehead atoms. The van der Waals surface area contributed by atoms with Gasteiger partial charge in [-0.15, -0.1) is 0 Å². The molecule has 176 valence electrons. The van der Waals surface area contributed by atoms with Crippen LogP contribution in [-0.2, 0) is 19.4 Å². The van der Waals surface area contributed by atoms with Gasteiger partial charge in [-0.25, -0.2) is 13.2 Å². The van der Waals surface area contributed by atoms with E-state index in [-0.39, 0.29) is 30.2 Å². The van der Waals surface area contributed by atoms with Crippen LogP contribution < -0.4 is 21.7 Å². The number of urea groups is 1. The zero-order valence-corrected chi connectivity index (χ0v) is 18.4. The summed E-state index contributed by atoms with van der Waals surface area (Å²) in [6.45, 7) is 0.